The zero-order valence-corrected chi connectivity index (χ0v) is 17.5. The molecule has 4 N–H and O–H groups in total. The molecule has 1 aromatic heterocycles. The Bertz CT molecular complexity index is 1210. The fourth-order valence-corrected chi connectivity index (χ4v) is 4.07. The van der Waals surface area contributed by atoms with Gasteiger partial charge in [0.15, 0.2) is 9.84 Å². The molecule has 1 amide bonds. The second-order valence-electron chi connectivity index (χ2n) is 6.77. The van der Waals surface area contributed by atoms with Gasteiger partial charge < -0.3 is 16.5 Å². The monoisotopic (exact) mass is 434 g/mol. The quantitative estimate of drug-likeness (QED) is 0.369. The summed E-state index contributed by atoms with van der Waals surface area (Å²) in [6, 6.07) is 16.5. The Kier molecular flexibility index (Phi) is 6.94. The Hall–Kier alpha value is -3.78. The Morgan fingerprint density at radius 1 is 1.10 bits per heavy atom. The zero-order chi connectivity index (χ0) is 22.3. The van der Waals surface area contributed by atoms with Gasteiger partial charge in [0.05, 0.1) is 16.4 Å². The van der Waals surface area contributed by atoms with Gasteiger partial charge in [-0.2, -0.15) is 0 Å². The highest BCUT2D eigenvalue weighted by Crippen LogP contribution is 2.20. The minimum atomic E-state index is -3.54. The van der Waals surface area contributed by atoms with E-state index < -0.39 is 15.7 Å². The van der Waals surface area contributed by atoms with Gasteiger partial charge in [-0.05, 0) is 48.0 Å². The number of nitrogen functional groups attached to an aromatic ring is 1. The van der Waals surface area contributed by atoms with Gasteiger partial charge in [0.25, 0.3) is 0 Å². The first-order chi connectivity index (χ1) is 14.8. The number of rotatable bonds is 8. The highest BCUT2D eigenvalue weighted by atomic mass is 32.2. The normalized spacial score (nSPS) is 11.4. The molecule has 0 unspecified atom stereocenters. The molecule has 0 atom stereocenters. The zero-order valence-electron chi connectivity index (χ0n) is 16.7. The van der Waals surface area contributed by atoms with E-state index in [1.165, 1.54) is 12.1 Å². The maximum atomic E-state index is 12.3. The Morgan fingerprint density at radius 3 is 2.58 bits per heavy atom. The maximum absolute atomic E-state index is 12.3. The standard InChI is InChI=1S/C23H22N4O3S/c24-21(10-8-17-5-4-13-26-16-17)20-15-18(9-11-22(20)25)27-23(28)12-14-31(29,30)19-6-2-1-3-7-19/h1-11,13,15-16,24H,12,14,25H2,(H,27,28)/b10-8+,24-21?. The predicted octanol–water partition coefficient (Wildman–Crippen LogP) is 3.55. The van der Waals surface area contributed by atoms with Gasteiger partial charge in [-0.1, -0.05) is 30.3 Å². The number of sulfone groups is 1. The van der Waals surface area contributed by atoms with Crippen molar-refractivity contribution in [2.24, 2.45) is 0 Å². The first kappa shape index (κ1) is 21.9. The Balaban J connectivity index is 1.65. The van der Waals surface area contributed by atoms with Gasteiger partial charge in [0, 0.05) is 35.8 Å². The van der Waals surface area contributed by atoms with Crippen LogP contribution in [0.5, 0.6) is 0 Å². The highest BCUT2D eigenvalue weighted by Gasteiger charge is 2.16. The number of hydrogen-bond acceptors (Lipinski definition) is 6. The smallest absolute Gasteiger partial charge is 0.225 e. The number of aromatic nitrogens is 1. The van der Waals surface area contributed by atoms with Gasteiger partial charge in [-0.15, -0.1) is 0 Å². The van der Waals surface area contributed by atoms with Crippen molar-refractivity contribution in [3.05, 3.63) is 90.3 Å². The summed E-state index contributed by atoms with van der Waals surface area (Å²) in [6.07, 6.45) is 6.50. The van der Waals surface area contributed by atoms with E-state index in [0.717, 1.165) is 5.56 Å². The van der Waals surface area contributed by atoms with Crippen molar-refractivity contribution >= 4 is 38.9 Å². The summed E-state index contributed by atoms with van der Waals surface area (Å²) < 4.78 is 24.7. The third-order valence-corrected chi connectivity index (χ3v) is 6.19. The van der Waals surface area contributed by atoms with Crippen LogP contribution in [-0.2, 0) is 14.6 Å². The fourth-order valence-electron chi connectivity index (χ4n) is 2.81. The molecule has 0 aliphatic rings. The maximum Gasteiger partial charge on any atom is 0.225 e. The van der Waals surface area contributed by atoms with E-state index in [2.05, 4.69) is 10.3 Å². The number of pyridine rings is 1. The van der Waals surface area contributed by atoms with Crippen molar-refractivity contribution < 1.29 is 13.2 Å². The second-order valence-corrected chi connectivity index (χ2v) is 8.87. The van der Waals surface area contributed by atoms with Crippen LogP contribution in [-0.4, -0.2) is 30.8 Å². The van der Waals surface area contributed by atoms with Crippen LogP contribution < -0.4 is 11.1 Å². The molecule has 7 nitrogen and oxygen atoms in total. The molecule has 3 rings (SSSR count). The molecule has 0 fully saturated rings. The lowest BCUT2D eigenvalue weighted by atomic mass is 10.1. The average molecular weight is 435 g/mol. The molecule has 0 aliphatic carbocycles. The van der Waals surface area contributed by atoms with E-state index in [9.17, 15) is 13.2 Å². The first-order valence-corrected chi connectivity index (χ1v) is 11.1. The largest absolute Gasteiger partial charge is 0.398 e. The first-order valence-electron chi connectivity index (χ1n) is 9.49. The van der Waals surface area contributed by atoms with E-state index in [0.29, 0.717) is 16.9 Å². The van der Waals surface area contributed by atoms with Crippen LogP contribution in [0.15, 0.2) is 84.0 Å². The SMILES string of the molecule is N=C(/C=C/c1cccnc1)c1cc(NC(=O)CCS(=O)(=O)c2ccccc2)ccc1N. The molecule has 31 heavy (non-hydrogen) atoms. The van der Waals surface area contributed by atoms with Crippen molar-refractivity contribution in [3.8, 4) is 0 Å². The molecule has 0 spiro atoms. The number of carbonyl (C=O) groups excluding carboxylic acids is 1. The van der Waals surface area contributed by atoms with E-state index >= 15 is 0 Å². The molecule has 0 aliphatic heterocycles. The summed E-state index contributed by atoms with van der Waals surface area (Å²) in [5, 5.41) is 11.0. The molecular formula is C23H22N4O3S. The number of nitrogens with two attached hydrogens (primary N) is 1. The number of carbonyl (C=O) groups is 1. The van der Waals surface area contributed by atoms with E-state index in [-0.39, 0.29) is 22.8 Å². The van der Waals surface area contributed by atoms with Crippen molar-refractivity contribution in [1.29, 1.82) is 5.41 Å². The van der Waals surface area contributed by atoms with Crippen LogP contribution in [0.4, 0.5) is 11.4 Å². The number of nitrogens with one attached hydrogen (secondary N) is 2. The van der Waals surface area contributed by atoms with Gasteiger partial charge in [-0.25, -0.2) is 8.42 Å². The summed E-state index contributed by atoms with van der Waals surface area (Å²) >= 11 is 0. The molecule has 158 valence electrons. The molecule has 3 aromatic rings. The van der Waals surface area contributed by atoms with E-state index in [1.807, 2.05) is 6.07 Å². The van der Waals surface area contributed by atoms with Gasteiger partial charge >= 0.3 is 0 Å². The summed E-state index contributed by atoms with van der Waals surface area (Å²) in [5.74, 6) is -0.735. The summed E-state index contributed by atoms with van der Waals surface area (Å²) in [4.78, 5) is 16.5. The number of allylic oxidation sites excluding steroid dienone is 1. The van der Waals surface area contributed by atoms with Gasteiger partial charge in [0.2, 0.25) is 5.91 Å². The highest BCUT2D eigenvalue weighted by molar-refractivity contribution is 7.91. The molecule has 0 saturated heterocycles. The van der Waals surface area contributed by atoms with Crippen molar-refractivity contribution in [2.75, 3.05) is 16.8 Å². The fraction of sp³-hybridized carbons (Fsp3) is 0.0870. The van der Waals surface area contributed by atoms with Gasteiger partial charge in [0.1, 0.15) is 0 Å². The minimum absolute atomic E-state index is 0.170. The van der Waals surface area contributed by atoms with Crippen LogP contribution in [0.3, 0.4) is 0 Å². The number of nitrogens with zero attached hydrogens (tertiary/aromatic N) is 1. The molecular weight excluding hydrogens is 412 g/mol. The van der Waals surface area contributed by atoms with Crippen LogP contribution in [0.1, 0.15) is 17.5 Å². The lowest BCUT2D eigenvalue weighted by molar-refractivity contribution is -0.115. The third-order valence-electron chi connectivity index (χ3n) is 4.45. The van der Waals surface area contributed by atoms with Crippen LogP contribution in [0.25, 0.3) is 6.08 Å². The predicted molar refractivity (Wildman–Crippen MR) is 123 cm³/mol. The lowest BCUT2D eigenvalue weighted by Crippen LogP contribution is -2.17. The molecule has 1 heterocycles. The van der Waals surface area contributed by atoms with Crippen LogP contribution >= 0.6 is 0 Å². The Morgan fingerprint density at radius 2 is 1.87 bits per heavy atom. The molecule has 8 heteroatoms. The van der Waals surface area contributed by atoms with Crippen molar-refractivity contribution in [2.45, 2.75) is 11.3 Å². The molecule has 0 radical (unpaired) electrons. The third kappa shape index (κ3) is 6.10. The van der Waals surface area contributed by atoms with Crippen LogP contribution in [0.2, 0.25) is 0 Å². The lowest BCUT2D eigenvalue weighted by Gasteiger charge is -2.10. The average Bonchev–Trinajstić information content (AvgIpc) is 2.79. The molecule has 0 saturated carbocycles. The van der Waals surface area contributed by atoms with E-state index in [4.69, 9.17) is 11.1 Å². The number of hydrogen-bond donors (Lipinski definition) is 3. The number of benzene rings is 2. The second kappa shape index (κ2) is 9.82. The number of anilines is 2. The molecule has 0 bridgehead atoms. The summed E-state index contributed by atoms with van der Waals surface area (Å²) in [6.45, 7) is 0. The van der Waals surface area contributed by atoms with Crippen molar-refractivity contribution in [1.82, 2.24) is 4.98 Å². The minimum Gasteiger partial charge on any atom is -0.398 e. The van der Waals surface area contributed by atoms with E-state index in [1.54, 1.807) is 67.0 Å². The summed E-state index contributed by atoms with van der Waals surface area (Å²) in [7, 11) is -3.54. The van der Waals surface area contributed by atoms with Crippen molar-refractivity contribution in [3.63, 3.8) is 0 Å². The number of amides is 1. The van der Waals surface area contributed by atoms with Gasteiger partial charge in [-0.3, -0.25) is 9.78 Å². The van der Waals surface area contributed by atoms with Crippen LogP contribution in [0, 0.1) is 5.41 Å². The topological polar surface area (TPSA) is 126 Å². The molecule has 2 aromatic carbocycles. The summed E-state index contributed by atoms with van der Waals surface area (Å²) in [5.41, 5.74) is 8.29. The Labute approximate surface area is 181 Å².